The quantitative estimate of drug-likeness (QED) is 0.870. The SMILES string of the molecule is COc1ccc(COc2cccc(F)c2)cc1NC(=O)C1CCCO1. The van der Waals surface area contributed by atoms with Crippen LogP contribution in [-0.4, -0.2) is 25.7 Å². The Balaban J connectivity index is 1.69. The Morgan fingerprint density at radius 1 is 1.32 bits per heavy atom. The van der Waals surface area contributed by atoms with E-state index in [1.165, 1.54) is 12.1 Å². The Morgan fingerprint density at radius 3 is 2.92 bits per heavy atom. The van der Waals surface area contributed by atoms with Gasteiger partial charge in [-0.2, -0.15) is 0 Å². The van der Waals surface area contributed by atoms with Gasteiger partial charge in [0.15, 0.2) is 0 Å². The van der Waals surface area contributed by atoms with Gasteiger partial charge in [-0.1, -0.05) is 12.1 Å². The van der Waals surface area contributed by atoms with Crippen molar-refractivity contribution >= 4 is 11.6 Å². The van der Waals surface area contributed by atoms with Gasteiger partial charge in [0.05, 0.1) is 12.8 Å². The van der Waals surface area contributed by atoms with Gasteiger partial charge < -0.3 is 19.5 Å². The summed E-state index contributed by atoms with van der Waals surface area (Å²) in [6, 6.07) is 11.3. The van der Waals surface area contributed by atoms with Crippen LogP contribution in [0.4, 0.5) is 10.1 Å². The number of anilines is 1. The highest BCUT2D eigenvalue weighted by Gasteiger charge is 2.24. The maximum absolute atomic E-state index is 13.2. The highest BCUT2D eigenvalue weighted by Crippen LogP contribution is 2.27. The van der Waals surface area contributed by atoms with Crippen LogP contribution >= 0.6 is 0 Å². The number of benzene rings is 2. The average molecular weight is 345 g/mol. The summed E-state index contributed by atoms with van der Waals surface area (Å²) in [4.78, 5) is 12.2. The maximum Gasteiger partial charge on any atom is 0.253 e. The number of hydrogen-bond donors (Lipinski definition) is 1. The van der Waals surface area contributed by atoms with Crippen molar-refractivity contribution in [2.24, 2.45) is 0 Å². The van der Waals surface area contributed by atoms with Gasteiger partial charge in [-0.25, -0.2) is 4.39 Å². The number of ether oxygens (including phenoxy) is 3. The van der Waals surface area contributed by atoms with Crippen LogP contribution in [0.25, 0.3) is 0 Å². The molecule has 1 saturated heterocycles. The van der Waals surface area contributed by atoms with Gasteiger partial charge in [-0.3, -0.25) is 4.79 Å². The Hall–Kier alpha value is -2.60. The zero-order chi connectivity index (χ0) is 17.6. The first-order valence-electron chi connectivity index (χ1n) is 8.13. The lowest BCUT2D eigenvalue weighted by atomic mass is 10.1. The minimum Gasteiger partial charge on any atom is -0.495 e. The summed E-state index contributed by atoms with van der Waals surface area (Å²) in [5, 5.41) is 2.85. The molecule has 1 amide bonds. The van der Waals surface area contributed by atoms with Crippen molar-refractivity contribution in [3.63, 3.8) is 0 Å². The van der Waals surface area contributed by atoms with Gasteiger partial charge >= 0.3 is 0 Å². The van der Waals surface area contributed by atoms with Gasteiger partial charge in [-0.05, 0) is 42.7 Å². The summed E-state index contributed by atoms with van der Waals surface area (Å²) in [6.45, 7) is 0.854. The Morgan fingerprint density at radius 2 is 2.20 bits per heavy atom. The Kier molecular flexibility index (Phi) is 5.50. The fourth-order valence-electron chi connectivity index (χ4n) is 2.66. The van der Waals surface area contributed by atoms with Crippen molar-refractivity contribution in [1.82, 2.24) is 0 Å². The van der Waals surface area contributed by atoms with E-state index in [-0.39, 0.29) is 18.3 Å². The molecule has 0 saturated carbocycles. The monoisotopic (exact) mass is 345 g/mol. The molecule has 0 radical (unpaired) electrons. The molecule has 1 aliphatic heterocycles. The Bertz CT molecular complexity index is 744. The standard InChI is InChI=1S/C19H20FNO4/c1-23-17-8-7-13(12-25-15-5-2-4-14(20)11-15)10-16(17)21-19(22)18-6-3-9-24-18/h2,4-5,7-8,10-11,18H,3,6,9,12H2,1H3,(H,21,22). The maximum atomic E-state index is 13.2. The first-order valence-corrected chi connectivity index (χ1v) is 8.13. The van der Waals surface area contributed by atoms with E-state index in [1.807, 2.05) is 6.07 Å². The fraction of sp³-hybridized carbons (Fsp3) is 0.316. The van der Waals surface area contributed by atoms with E-state index in [2.05, 4.69) is 5.32 Å². The van der Waals surface area contributed by atoms with Gasteiger partial charge in [0, 0.05) is 12.7 Å². The summed E-state index contributed by atoms with van der Waals surface area (Å²) in [6.07, 6.45) is 1.18. The molecule has 0 bridgehead atoms. The zero-order valence-electron chi connectivity index (χ0n) is 14.0. The Labute approximate surface area is 145 Å². The molecule has 0 aliphatic carbocycles. The lowest BCUT2D eigenvalue weighted by molar-refractivity contribution is -0.124. The number of methoxy groups -OCH3 is 1. The number of nitrogens with one attached hydrogen (secondary N) is 1. The van der Waals surface area contributed by atoms with Crippen molar-refractivity contribution in [1.29, 1.82) is 0 Å². The van der Waals surface area contributed by atoms with Crippen molar-refractivity contribution < 1.29 is 23.4 Å². The van der Waals surface area contributed by atoms with Crippen LogP contribution in [0.1, 0.15) is 18.4 Å². The third kappa shape index (κ3) is 4.48. The third-order valence-electron chi connectivity index (χ3n) is 3.95. The predicted molar refractivity (Wildman–Crippen MR) is 91.3 cm³/mol. The van der Waals surface area contributed by atoms with Crippen LogP contribution in [0.2, 0.25) is 0 Å². The molecule has 25 heavy (non-hydrogen) atoms. The first kappa shape index (κ1) is 17.2. The van der Waals surface area contributed by atoms with E-state index in [9.17, 15) is 9.18 Å². The molecule has 5 nitrogen and oxygen atoms in total. The van der Waals surface area contributed by atoms with Gasteiger partial charge in [-0.15, -0.1) is 0 Å². The lowest BCUT2D eigenvalue weighted by Gasteiger charge is -2.15. The molecule has 1 N–H and O–H groups in total. The number of rotatable bonds is 6. The van der Waals surface area contributed by atoms with E-state index in [0.29, 0.717) is 23.8 Å². The van der Waals surface area contributed by atoms with Crippen molar-refractivity contribution in [3.05, 3.63) is 53.8 Å². The number of hydrogen-bond acceptors (Lipinski definition) is 4. The van der Waals surface area contributed by atoms with Crippen LogP contribution in [0.15, 0.2) is 42.5 Å². The van der Waals surface area contributed by atoms with Crippen molar-refractivity contribution in [2.75, 3.05) is 19.0 Å². The molecule has 1 aliphatic rings. The van der Waals surface area contributed by atoms with E-state index in [1.54, 1.807) is 31.4 Å². The topological polar surface area (TPSA) is 56.8 Å². The van der Waals surface area contributed by atoms with E-state index in [4.69, 9.17) is 14.2 Å². The second kappa shape index (κ2) is 7.98. The number of carbonyl (C=O) groups is 1. The van der Waals surface area contributed by atoms with Crippen molar-refractivity contribution in [2.45, 2.75) is 25.6 Å². The highest BCUT2D eigenvalue weighted by atomic mass is 19.1. The third-order valence-corrected chi connectivity index (χ3v) is 3.95. The number of carbonyl (C=O) groups excluding carboxylic acids is 1. The smallest absolute Gasteiger partial charge is 0.253 e. The summed E-state index contributed by atoms with van der Waals surface area (Å²) in [5.74, 6) is 0.470. The van der Waals surface area contributed by atoms with E-state index < -0.39 is 6.10 Å². The highest BCUT2D eigenvalue weighted by molar-refractivity contribution is 5.95. The van der Waals surface area contributed by atoms with Crippen LogP contribution < -0.4 is 14.8 Å². The fourth-order valence-corrected chi connectivity index (χ4v) is 2.66. The van der Waals surface area contributed by atoms with Gasteiger partial charge in [0.25, 0.3) is 5.91 Å². The second-order valence-corrected chi connectivity index (χ2v) is 5.77. The van der Waals surface area contributed by atoms with Crippen LogP contribution in [0, 0.1) is 5.82 Å². The van der Waals surface area contributed by atoms with Crippen LogP contribution in [-0.2, 0) is 16.1 Å². The molecule has 6 heteroatoms. The number of halogens is 1. The normalized spacial score (nSPS) is 16.5. The average Bonchev–Trinajstić information content (AvgIpc) is 3.15. The van der Waals surface area contributed by atoms with Crippen LogP contribution in [0.3, 0.4) is 0 Å². The molecular weight excluding hydrogens is 325 g/mol. The second-order valence-electron chi connectivity index (χ2n) is 5.77. The summed E-state index contributed by atoms with van der Waals surface area (Å²) in [5.41, 5.74) is 1.39. The molecule has 3 rings (SSSR count). The molecule has 1 atom stereocenters. The summed E-state index contributed by atoms with van der Waals surface area (Å²) in [7, 11) is 1.54. The molecule has 1 unspecified atom stereocenters. The van der Waals surface area contributed by atoms with Gasteiger partial charge in [0.2, 0.25) is 0 Å². The minimum atomic E-state index is -0.420. The molecule has 132 valence electrons. The van der Waals surface area contributed by atoms with Crippen molar-refractivity contribution in [3.8, 4) is 11.5 Å². The molecule has 1 fully saturated rings. The molecule has 2 aromatic carbocycles. The molecular formula is C19H20FNO4. The minimum absolute atomic E-state index is 0.181. The molecule has 0 aromatic heterocycles. The van der Waals surface area contributed by atoms with E-state index >= 15 is 0 Å². The predicted octanol–water partition coefficient (Wildman–Crippen LogP) is 3.53. The summed E-state index contributed by atoms with van der Waals surface area (Å²) < 4.78 is 29.5. The molecule has 2 aromatic rings. The largest absolute Gasteiger partial charge is 0.495 e. The van der Waals surface area contributed by atoms with Gasteiger partial charge in [0.1, 0.15) is 30.0 Å². The first-order chi connectivity index (χ1) is 12.2. The lowest BCUT2D eigenvalue weighted by Crippen LogP contribution is -2.27. The van der Waals surface area contributed by atoms with Crippen LogP contribution in [0.5, 0.6) is 11.5 Å². The molecule has 0 spiro atoms. The zero-order valence-corrected chi connectivity index (χ0v) is 14.0. The summed E-state index contributed by atoms with van der Waals surface area (Å²) >= 11 is 0. The van der Waals surface area contributed by atoms with E-state index in [0.717, 1.165) is 18.4 Å². The number of amides is 1. The molecule has 1 heterocycles.